The van der Waals surface area contributed by atoms with E-state index in [4.69, 9.17) is 5.73 Å². The Morgan fingerprint density at radius 2 is 1.59 bits per heavy atom. The first-order valence-corrected chi connectivity index (χ1v) is 14.5. The van der Waals surface area contributed by atoms with Crippen molar-refractivity contribution >= 4 is 41.4 Å². The van der Waals surface area contributed by atoms with Crippen molar-refractivity contribution in [3.8, 4) is 0 Å². The number of aliphatic hydroxyl groups excluding tert-OH is 1. The monoisotopic (exact) mass is 616 g/mol. The van der Waals surface area contributed by atoms with E-state index in [1.807, 2.05) is 6.07 Å². The van der Waals surface area contributed by atoms with Crippen LogP contribution in [0.25, 0.3) is 0 Å². The Morgan fingerprint density at radius 3 is 2.27 bits per heavy atom. The molecule has 2 rings (SSSR count). The predicted octanol–water partition coefficient (Wildman–Crippen LogP) is -3.30. The molecule has 15 heteroatoms. The topological polar surface area (TPSA) is 234 Å². The Bertz CT molecular complexity index is 1170. The molecule has 240 valence electrons. The van der Waals surface area contributed by atoms with Crippen LogP contribution < -0.4 is 32.3 Å². The normalized spacial score (nSPS) is 13.8. The summed E-state index contributed by atoms with van der Waals surface area (Å²) in [7, 11) is 0. The summed E-state index contributed by atoms with van der Waals surface area (Å²) >= 11 is 0. The lowest BCUT2D eigenvalue weighted by molar-refractivity contribution is -0.557. The van der Waals surface area contributed by atoms with E-state index in [0.717, 1.165) is 10.5 Å². The van der Waals surface area contributed by atoms with E-state index in [0.29, 0.717) is 38.8 Å². The summed E-state index contributed by atoms with van der Waals surface area (Å²) in [4.78, 5) is 84.7. The van der Waals surface area contributed by atoms with Gasteiger partial charge in [-0.15, -0.1) is 0 Å². The number of benzene rings is 1. The van der Waals surface area contributed by atoms with Gasteiger partial charge in [0, 0.05) is 31.5 Å². The molecule has 0 radical (unpaired) electrons. The number of carbonyl (C=O) groups excluding carboxylic acids is 7. The smallest absolute Gasteiger partial charge is 0.310 e. The number of unbranched alkanes of at least 4 members (excludes halogenated alkanes) is 2. The van der Waals surface area contributed by atoms with Gasteiger partial charge >= 0.3 is 5.91 Å². The van der Waals surface area contributed by atoms with E-state index in [1.165, 1.54) is 17.5 Å². The van der Waals surface area contributed by atoms with Gasteiger partial charge in [-0.05, 0) is 31.4 Å². The summed E-state index contributed by atoms with van der Waals surface area (Å²) in [6.07, 6.45) is 4.07. The van der Waals surface area contributed by atoms with Crippen LogP contribution in [0.3, 0.4) is 0 Å². The van der Waals surface area contributed by atoms with Crippen molar-refractivity contribution in [2.45, 2.75) is 57.2 Å². The highest BCUT2D eigenvalue weighted by Crippen LogP contribution is 2.07. The molecule has 9 N–H and O–H groups in total. The summed E-state index contributed by atoms with van der Waals surface area (Å²) in [6, 6.07) is 8.00. The van der Waals surface area contributed by atoms with Crippen LogP contribution >= 0.6 is 0 Å². The fourth-order valence-corrected chi connectivity index (χ4v) is 4.19. The SMILES string of the molecule is NC(=O)CCCNC(O)CNC(=O)C(Cc1ccccc1)NC(=O)CNC(=O)C[NH2+]C(=O)CCCCCN1C(=O)C=CC1=O. The van der Waals surface area contributed by atoms with E-state index in [-0.39, 0.29) is 50.1 Å². The van der Waals surface area contributed by atoms with Gasteiger partial charge in [0.25, 0.3) is 17.7 Å². The van der Waals surface area contributed by atoms with Crippen LogP contribution in [0.15, 0.2) is 42.5 Å². The Labute approximate surface area is 255 Å². The zero-order valence-corrected chi connectivity index (χ0v) is 24.6. The maximum absolute atomic E-state index is 12.9. The van der Waals surface area contributed by atoms with Crippen LogP contribution in [0.1, 0.15) is 44.1 Å². The number of nitrogens with one attached hydrogen (secondary N) is 4. The number of nitrogens with zero attached hydrogens (tertiary/aromatic N) is 1. The summed E-state index contributed by atoms with van der Waals surface area (Å²) in [5.41, 5.74) is 5.86. The van der Waals surface area contributed by atoms with Crippen LogP contribution in [-0.2, 0) is 40.0 Å². The standard InChI is InChI=1S/C29H41N7O8/c30-22(37)10-7-14-31-24(39)18-34-29(44)21(16-20-8-3-1-4-9-20)35-26(41)19-33-25(40)17-32-23(38)11-5-2-6-15-36-27(42)12-13-28(36)43/h1,3-4,8-9,12-13,21,24,31,39H,2,5-7,10-11,14-19H2,(H2,30,37)(H,32,38)(H,33,40)(H,34,44)(H,35,41)/p+1. The minimum absolute atomic E-state index is 0.146. The zero-order valence-electron chi connectivity index (χ0n) is 24.6. The van der Waals surface area contributed by atoms with E-state index in [1.54, 1.807) is 24.3 Å². The molecule has 0 saturated heterocycles. The number of primary amides is 2. The molecule has 1 aliphatic rings. The maximum Gasteiger partial charge on any atom is 0.310 e. The molecule has 1 aromatic carbocycles. The quantitative estimate of drug-likeness (QED) is 0.0416. The third-order valence-electron chi connectivity index (χ3n) is 6.55. The molecule has 1 aliphatic heterocycles. The van der Waals surface area contributed by atoms with Gasteiger partial charge in [-0.1, -0.05) is 36.8 Å². The molecule has 0 aliphatic carbocycles. The van der Waals surface area contributed by atoms with Crippen LogP contribution in [-0.4, -0.2) is 96.4 Å². The van der Waals surface area contributed by atoms with Gasteiger partial charge < -0.3 is 26.8 Å². The average Bonchev–Trinajstić information content (AvgIpc) is 3.32. The number of aliphatic hydroxyl groups is 1. The molecule has 0 fully saturated rings. The summed E-state index contributed by atoms with van der Waals surface area (Å²) in [6.45, 7) is -0.165. The fraction of sp³-hybridized carbons (Fsp3) is 0.483. The lowest BCUT2D eigenvalue weighted by Gasteiger charge is -2.20. The minimum Gasteiger partial charge on any atom is -0.377 e. The molecule has 15 nitrogen and oxygen atoms in total. The Hall–Kier alpha value is -4.47. The molecular weight excluding hydrogens is 574 g/mol. The number of hydrogen-bond donors (Lipinski definition) is 7. The van der Waals surface area contributed by atoms with Gasteiger partial charge in [-0.3, -0.25) is 44.3 Å². The molecule has 0 aromatic heterocycles. The third-order valence-corrected chi connectivity index (χ3v) is 6.55. The van der Waals surface area contributed by atoms with E-state index in [2.05, 4.69) is 21.3 Å². The maximum atomic E-state index is 12.9. The highest BCUT2D eigenvalue weighted by atomic mass is 16.3. The van der Waals surface area contributed by atoms with Crippen molar-refractivity contribution in [3.63, 3.8) is 0 Å². The average molecular weight is 617 g/mol. The number of hydrogen-bond acceptors (Lipinski definition) is 9. The highest BCUT2D eigenvalue weighted by Gasteiger charge is 2.23. The minimum atomic E-state index is -1.08. The zero-order chi connectivity index (χ0) is 32.3. The Morgan fingerprint density at radius 1 is 0.886 bits per heavy atom. The van der Waals surface area contributed by atoms with Crippen molar-refractivity contribution in [1.82, 2.24) is 26.2 Å². The second kappa shape index (κ2) is 19.7. The number of quaternary nitrogens is 1. The third kappa shape index (κ3) is 14.6. The number of rotatable bonds is 21. The van der Waals surface area contributed by atoms with Gasteiger partial charge in [0.1, 0.15) is 12.3 Å². The molecule has 0 spiro atoms. The molecule has 0 bridgehead atoms. The van der Waals surface area contributed by atoms with Gasteiger partial charge in [0.2, 0.25) is 17.7 Å². The second-order valence-corrected chi connectivity index (χ2v) is 10.2. The van der Waals surface area contributed by atoms with Crippen molar-refractivity contribution < 1.29 is 44.0 Å². The second-order valence-electron chi connectivity index (χ2n) is 10.2. The lowest BCUT2D eigenvalue weighted by atomic mass is 10.1. The number of amides is 7. The summed E-state index contributed by atoms with van der Waals surface area (Å²) < 4.78 is 0. The summed E-state index contributed by atoms with van der Waals surface area (Å²) in [5, 5.41) is 21.6. The molecule has 2 atom stereocenters. The largest absolute Gasteiger partial charge is 0.377 e. The lowest BCUT2D eigenvalue weighted by Crippen LogP contribution is -2.90. The number of nitrogens with two attached hydrogens (primary N) is 2. The van der Waals surface area contributed by atoms with E-state index >= 15 is 0 Å². The molecular formula is C29H42N7O8+. The van der Waals surface area contributed by atoms with Crippen molar-refractivity contribution in [3.05, 3.63) is 48.0 Å². The molecule has 44 heavy (non-hydrogen) atoms. The van der Waals surface area contributed by atoms with E-state index in [9.17, 15) is 38.7 Å². The van der Waals surface area contributed by atoms with Gasteiger partial charge in [-0.2, -0.15) is 0 Å². The predicted molar refractivity (Wildman–Crippen MR) is 157 cm³/mol. The van der Waals surface area contributed by atoms with Crippen molar-refractivity contribution in [1.29, 1.82) is 0 Å². The van der Waals surface area contributed by atoms with Crippen LogP contribution in [0, 0.1) is 0 Å². The highest BCUT2D eigenvalue weighted by molar-refractivity contribution is 6.12. The fourth-order valence-electron chi connectivity index (χ4n) is 4.19. The first-order valence-electron chi connectivity index (χ1n) is 14.5. The molecule has 1 heterocycles. The van der Waals surface area contributed by atoms with Gasteiger partial charge in [-0.25, -0.2) is 4.79 Å². The Balaban J connectivity index is 1.69. The number of imide groups is 1. The van der Waals surface area contributed by atoms with Crippen LogP contribution in [0.2, 0.25) is 0 Å². The summed E-state index contributed by atoms with van der Waals surface area (Å²) in [5.74, 6) is -3.06. The molecule has 2 unspecified atom stereocenters. The first-order chi connectivity index (χ1) is 21.0. The molecule has 7 amide bonds. The molecule has 1 aromatic rings. The van der Waals surface area contributed by atoms with Crippen molar-refractivity contribution in [2.75, 3.05) is 32.7 Å². The first kappa shape index (κ1) is 35.7. The number of carbonyl (C=O) groups is 7. The Kier molecular flexibility index (Phi) is 16.0. The van der Waals surface area contributed by atoms with Crippen molar-refractivity contribution in [2.24, 2.45) is 5.73 Å². The van der Waals surface area contributed by atoms with Gasteiger partial charge in [0.15, 0.2) is 6.54 Å². The van der Waals surface area contributed by atoms with Crippen LogP contribution in [0.5, 0.6) is 0 Å². The van der Waals surface area contributed by atoms with E-state index < -0.39 is 42.4 Å². The van der Waals surface area contributed by atoms with Crippen LogP contribution in [0.4, 0.5) is 0 Å². The molecule has 0 saturated carbocycles. The van der Waals surface area contributed by atoms with Gasteiger partial charge in [0.05, 0.1) is 19.5 Å².